The maximum atomic E-state index is 12.4. The summed E-state index contributed by atoms with van der Waals surface area (Å²) in [4.78, 5) is 26.0. The molecule has 2 fully saturated rings. The van der Waals surface area contributed by atoms with Crippen LogP contribution in [0.5, 0.6) is 0 Å². The molecule has 4 atom stereocenters. The number of likely N-dealkylation sites (tertiary alicyclic amines) is 1. The highest BCUT2D eigenvalue weighted by Gasteiger charge is 2.46. The Balaban J connectivity index is 1.96. The summed E-state index contributed by atoms with van der Waals surface area (Å²) in [5.41, 5.74) is 1.13. The molecule has 0 radical (unpaired) electrons. The van der Waals surface area contributed by atoms with Crippen molar-refractivity contribution in [3.63, 3.8) is 0 Å². The zero-order valence-corrected chi connectivity index (χ0v) is 13.9. The highest BCUT2D eigenvalue weighted by Crippen LogP contribution is 2.44. The number of esters is 1. The van der Waals surface area contributed by atoms with Gasteiger partial charge in [-0.2, -0.15) is 0 Å². The molecule has 1 amide bonds. The lowest BCUT2D eigenvalue weighted by Gasteiger charge is -2.51. The third-order valence-electron chi connectivity index (χ3n) is 5.27. The van der Waals surface area contributed by atoms with Gasteiger partial charge in [0.15, 0.2) is 0 Å². The Bertz CT molecular complexity index is 571. The van der Waals surface area contributed by atoms with Crippen LogP contribution < -0.4 is 0 Å². The molecule has 1 heterocycles. The average molecular weight is 315 g/mol. The van der Waals surface area contributed by atoms with Crippen LogP contribution in [0.1, 0.15) is 57.6 Å². The van der Waals surface area contributed by atoms with E-state index in [4.69, 9.17) is 4.74 Å². The van der Waals surface area contributed by atoms with Gasteiger partial charge >= 0.3 is 5.97 Å². The number of nitrogens with zero attached hydrogens (tertiary/aromatic N) is 1. The van der Waals surface area contributed by atoms with Gasteiger partial charge in [0, 0.05) is 32.2 Å². The van der Waals surface area contributed by atoms with Crippen LogP contribution in [0.15, 0.2) is 30.3 Å². The van der Waals surface area contributed by atoms with Gasteiger partial charge in [-0.05, 0) is 18.4 Å². The largest absolute Gasteiger partial charge is 0.462 e. The van der Waals surface area contributed by atoms with Crippen LogP contribution in [0.25, 0.3) is 0 Å². The van der Waals surface area contributed by atoms with Crippen molar-refractivity contribution >= 4 is 11.9 Å². The zero-order valence-electron chi connectivity index (χ0n) is 13.9. The molecule has 0 aromatic heterocycles. The molecule has 23 heavy (non-hydrogen) atoms. The number of piperidine rings is 1. The predicted octanol–water partition coefficient (Wildman–Crippen LogP) is 3.47. The van der Waals surface area contributed by atoms with E-state index < -0.39 is 0 Å². The van der Waals surface area contributed by atoms with Gasteiger partial charge in [-0.15, -0.1) is 0 Å². The fraction of sp³-hybridized carbons (Fsp3) is 0.579. The summed E-state index contributed by atoms with van der Waals surface area (Å²) in [7, 11) is 0. The Labute approximate surface area is 137 Å². The number of benzene rings is 1. The average Bonchev–Trinajstić information content (AvgIpc) is 2.54. The van der Waals surface area contributed by atoms with Crippen LogP contribution in [-0.4, -0.2) is 28.9 Å². The molecule has 4 heteroatoms. The summed E-state index contributed by atoms with van der Waals surface area (Å²) in [5.74, 6) is 0.177. The van der Waals surface area contributed by atoms with Crippen molar-refractivity contribution in [1.82, 2.24) is 4.90 Å². The molecular weight excluding hydrogens is 290 g/mol. The topological polar surface area (TPSA) is 46.6 Å². The maximum Gasteiger partial charge on any atom is 0.302 e. The quantitative estimate of drug-likeness (QED) is 0.785. The second-order valence-electron chi connectivity index (χ2n) is 6.75. The Kier molecular flexibility index (Phi) is 4.69. The van der Waals surface area contributed by atoms with Crippen molar-refractivity contribution in [2.75, 3.05) is 0 Å². The van der Waals surface area contributed by atoms with E-state index in [1.165, 1.54) is 6.92 Å². The fourth-order valence-corrected chi connectivity index (χ4v) is 4.43. The van der Waals surface area contributed by atoms with Crippen molar-refractivity contribution in [1.29, 1.82) is 0 Å². The summed E-state index contributed by atoms with van der Waals surface area (Å²) in [6.07, 6.45) is 4.95. The van der Waals surface area contributed by atoms with Gasteiger partial charge in [0.25, 0.3) is 0 Å². The highest BCUT2D eigenvalue weighted by molar-refractivity contribution is 5.74. The maximum absolute atomic E-state index is 12.4. The molecule has 4 nitrogen and oxygen atoms in total. The van der Waals surface area contributed by atoms with E-state index in [0.717, 1.165) is 31.2 Å². The number of hydrogen-bond donors (Lipinski definition) is 0. The number of fused-ring (bicyclic) bond motifs is 1. The molecular formula is C19H25NO3. The summed E-state index contributed by atoms with van der Waals surface area (Å²) in [6.45, 7) is 3.14. The lowest BCUT2D eigenvalue weighted by atomic mass is 9.73. The van der Waals surface area contributed by atoms with E-state index in [1.54, 1.807) is 6.92 Å². The van der Waals surface area contributed by atoms with Crippen LogP contribution >= 0.6 is 0 Å². The Morgan fingerprint density at radius 1 is 1.09 bits per heavy atom. The molecule has 0 bridgehead atoms. The first kappa shape index (κ1) is 16.0. The first-order valence-corrected chi connectivity index (χ1v) is 8.59. The van der Waals surface area contributed by atoms with Crippen molar-refractivity contribution in [2.45, 2.75) is 64.1 Å². The molecule has 1 saturated heterocycles. The minimum Gasteiger partial charge on any atom is -0.462 e. The molecule has 0 N–H and O–H groups in total. The van der Waals surface area contributed by atoms with E-state index in [2.05, 4.69) is 17.0 Å². The first-order chi connectivity index (χ1) is 11.1. The summed E-state index contributed by atoms with van der Waals surface area (Å²) in [5, 5.41) is 0. The summed E-state index contributed by atoms with van der Waals surface area (Å²) in [6, 6.07) is 10.3. The molecule has 1 aromatic rings. The van der Waals surface area contributed by atoms with Gasteiger partial charge in [0.2, 0.25) is 5.91 Å². The SMILES string of the molecule is CC(=O)O[C@H]1C[C@H](c2ccccc2)N(C(C)=O)[C@@H]2CCCC[C@@H]12. The van der Waals surface area contributed by atoms with Crippen molar-refractivity contribution in [2.24, 2.45) is 5.92 Å². The van der Waals surface area contributed by atoms with Gasteiger partial charge < -0.3 is 9.64 Å². The molecule has 0 unspecified atom stereocenters. The number of hydrogen-bond acceptors (Lipinski definition) is 3. The second-order valence-corrected chi connectivity index (χ2v) is 6.75. The normalized spacial score (nSPS) is 30.4. The number of carbonyl (C=O) groups is 2. The number of amides is 1. The van der Waals surface area contributed by atoms with Crippen molar-refractivity contribution in [3.05, 3.63) is 35.9 Å². The molecule has 1 aliphatic heterocycles. The molecule has 3 rings (SSSR count). The van der Waals surface area contributed by atoms with Gasteiger partial charge in [0.05, 0.1) is 6.04 Å². The molecule has 124 valence electrons. The molecule has 0 spiro atoms. The first-order valence-electron chi connectivity index (χ1n) is 8.59. The van der Waals surface area contributed by atoms with Gasteiger partial charge in [-0.3, -0.25) is 9.59 Å². The highest BCUT2D eigenvalue weighted by atomic mass is 16.5. The Morgan fingerprint density at radius 3 is 2.43 bits per heavy atom. The Hall–Kier alpha value is -1.84. The summed E-state index contributed by atoms with van der Waals surface area (Å²) < 4.78 is 5.66. The van der Waals surface area contributed by atoms with Crippen LogP contribution in [-0.2, 0) is 14.3 Å². The van der Waals surface area contributed by atoms with Crippen molar-refractivity contribution < 1.29 is 14.3 Å². The third kappa shape index (κ3) is 3.26. The number of rotatable bonds is 2. The lowest BCUT2D eigenvalue weighted by molar-refractivity contribution is -0.164. The van der Waals surface area contributed by atoms with E-state index in [-0.39, 0.29) is 36.0 Å². The van der Waals surface area contributed by atoms with E-state index in [9.17, 15) is 9.59 Å². The number of carbonyl (C=O) groups excluding carboxylic acids is 2. The molecule has 2 aliphatic rings. The minimum atomic E-state index is -0.220. The van der Waals surface area contributed by atoms with Gasteiger partial charge in [-0.1, -0.05) is 43.2 Å². The monoisotopic (exact) mass is 315 g/mol. The molecule has 1 saturated carbocycles. The van der Waals surface area contributed by atoms with Crippen LogP contribution in [0, 0.1) is 5.92 Å². The third-order valence-corrected chi connectivity index (χ3v) is 5.27. The molecule has 1 aromatic carbocycles. The van der Waals surface area contributed by atoms with Crippen LogP contribution in [0.4, 0.5) is 0 Å². The van der Waals surface area contributed by atoms with Crippen molar-refractivity contribution in [3.8, 4) is 0 Å². The second kappa shape index (κ2) is 6.73. The summed E-state index contributed by atoms with van der Waals surface area (Å²) >= 11 is 0. The molecule has 1 aliphatic carbocycles. The van der Waals surface area contributed by atoms with Gasteiger partial charge in [-0.25, -0.2) is 0 Å². The van der Waals surface area contributed by atoms with E-state index in [1.807, 2.05) is 18.2 Å². The van der Waals surface area contributed by atoms with Crippen LogP contribution in [0.2, 0.25) is 0 Å². The zero-order chi connectivity index (χ0) is 16.4. The fourth-order valence-electron chi connectivity index (χ4n) is 4.43. The minimum absolute atomic E-state index is 0.00241. The van der Waals surface area contributed by atoms with Gasteiger partial charge in [0.1, 0.15) is 6.10 Å². The van der Waals surface area contributed by atoms with E-state index in [0.29, 0.717) is 6.42 Å². The standard InChI is InChI=1S/C19H25NO3/c1-13(21)20-17-11-7-6-10-16(17)19(23-14(2)22)12-18(20)15-8-4-3-5-9-15/h3-5,8-9,16-19H,6-7,10-12H2,1-2H3/t16-,17-,18-,19+/m1/s1. The number of ether oxygens (including phenoxy) is 1. The van der Waals surface area contributed by atoms with Crippen LogP contribution in [0.3, 0.4) is 0 Å². The van der Waals surface area contributed by atoms with E-state index >= 15 is 0 Å². The lowest BCUT2D eigenvalue weighted by Crippen LogP contribution is -2.56. The Morgan fingerprint density at radius 2 is 1.78 bits per heavy atom. The smallest absolute Gasteiger partial charge is 0.302 e. The predicted molar refractivity (Wildman–Crippen MR) is 87.6 cm³/mol.